The molecule has 2 N–H and O–H groups in total. The number of carbonyl (C=O) groups is 3. The minimum Gasteiger partial charge on any atom is -0.462 e. The van der Waals surface area contributed by atoms with E-state index >= 15 is 0 Å². The van der Waals surface area contributed by atoms with Crippen LogP contribution in [0, 0.1) is 0 Å². The molecule has 0 fully saturated rings. The van der Waals surface area contributed by atoms with Crippen LogP contribution in [0.3, 0.4) is 0 Å². The zero-order valence-electron chi connectivity index (χ0n) is 24.0. The third-order valence-electron chi connectivity index (χ3n) is 6.46. The summed E-state index contributed by atoms with van der Waals surface area (Å²) in [4.78, 5) is 35.7. The molecule has 8 heteroatoms. The molecule has 39 heavy (non-hydrogen) atoms. The minimum absolute atomic E-state index is 0.131. The minimum atomic E-state index is -0.847. The van der Waals surface area contributed by atoms with Crippen molar-refractivity contribution in [1.82, 2.24) is 5.32 Å². The molecule has 0 spiro atoms. The van der Waals surface area contributed by atoms with Crippen molar-refractivity contribution < 1.29 is 33.7 Å². The quantitative estimate of drug-likeness (QED) is 0.0846. The topological polar surface area (TPSA) is 111 Å². The predicted octanol–water partition coefficient (Wildman–Crippen LogP) is 6.62. The molecule has 0 heterocycles. The molecule has 0 aliphatic heterocycles. The van der Waals surface area contributed by atoms with Gasteiger partial charge in [0.15, 0.2) is 6.10 Å². The van der Waals surface area contributed by atoms with Crippen LogP contribution in [0.4, 0.5) is 4.79 Å². The summed E-state index contributed by atoms with van der Waals surface area (Å²) in [5.74, 6) is -0.763. The number of hydrogen-bond acceptors (Lipinski definition) is 7. The van der Waals surface area contributed by atoms with Crippen LogP contribution in [0.15, 0.2) is 30.3 Å². The Kier molecular flexibility index (Phi) is 21.6. The number of carbonyl (C=O) groups excluding carboxylic acids is 3. The van der Waals surface area contributed by atoms with Crippen LogP contribution >= 0.6 is 0 Å². The van der Waals surface area contributed by atoms with Crippen molar-refractivity contribution in [2.24, 2.45) is 0 Å². The van der Waals surface area contributed by atoms with E-state index in [9.17, 15) is 19.5 Å². The Balaban J connectivity index is 1.96. The molecule has 1 aromatic rings. The first-order valence-corrected chi connectivity index (χ1v) is 15.0. The van der Waals surface area contributed by atoms with E-state index in [1.807, 2.05) is 30.3 Å². The molecule has 8 nitrogen and oxygen atoms in total. The summed E-state index contributed by atoms with van der Waals surface area (Å²) in [6, 6.07) is 9.45. The zero-order valence-corrected chi connectivity index (χ0v) is 24.0. The standard InChI is InChI=1S/C31H51NO7/c1-2-3-4-5-6-7-8-9-10-11-16-21-29(34)37-26-28(24-33)39-30(35)22-17-13-18-23-32-31(36)38-25-27-19-14-12-15-20-27/h12,14-15,19-20,28,33H,2-11,13,16-18,21-26H2,1H3,(H,32,36)/t28-/m0/s1. The van der Waals surface area contributed by atoms with Crippen molar-refractivity contribution >= 4 is 18.0 Å². The maximum Gasteiger partial charge on any atom is 0.407 e. The van der Waals surface area contributed by atoms with Crippen LogP contribution in [-0.2, 0) is 30.4 Å². The second-order valence-electron chi connectivity index (χ2n) is 10.1. The van der Waals surface area contributed by atoms with Crippen molar-refractivity contribution in [2.75, 3.05) is 19.8 Å². The molecule has 0 unspecified atom stereocenters. The number of ether oxygens (including phenoxy) is 3. The summed E-state index contributed by atoms with van der Waals surface area (Å²) in [5.41, 5.74) is 0.923. The Morgan fingerprint density at radius 2 is 1.31 bits per heavy atom. The number of aliphatic hydroxyl groups is 1. The van der Waals surface area contributed by atoms with E-state index in [1.165, 1.54) is 51.4 Å². The Morgan fingerprint density at radius 3 is 1.92 bits per heavy atom. The lowest BCUT2D eigenvalue weighted by Crippen LogP contribution is -2.28. The number of esters is 2. The molecule has 0 bridgehead atoms. The van der Waals surface area contributed by atoms with Crippen molar-refractivity contribution in [1.29, 1.82) is 0 Å². The second-order valence-corrected chi connectivity index (χ2v) is 10.1. The van der Waals surface area contributed by atoms with E-state index in [2.05, 4.69) is 12.2 Å². The van der Waals surface area contributed by atoms with E-state index in [0.717, 1.165) is 31.2 Å². The molecule has 0 saturated heterocycles. The van der Waals surface area contributed by atoms with Gasteiger partial charge in [-0.3, -0.25) is 9.59 Å². The van der Waals surface area contributed by atoms with Crippen LogP contribution in [0.2, 0.25) is 0 Å². The van der Waals surface area contributed by atoms with Gasteiger partial charge in [-0.05, 0) is 24.8 Å². The normalized spacial score (nSPS) is 11.5. The maximum atomic E-state index is 12.0. The van der Waals surface area contributed by atoms with Crippen molar-refractivity contribution in [3.05, 3.63) is 35.9 Å². The van der Waals surface area contributed by atoms with Gasteiger partial charge in [-0.1, -0.05) is 108 Å². The van der Waals surface area contributed by atoms with Gasteiger partial charge in [0.05, 0.1) is 6.61 Å². The number of hydrogen-bond donors (Lipinski definition) is 2. The first-order valence-electron chi connectivity index (χ1n) is 15.0. The van der Waals surface area contributed by atoms with Crippen LogP contribution in [-0.4, -0.2) is 49.0 Å². The molecular formula is C31H51NO7. The lowest BCUT2D eigenvalue weighted by atomic mass is 10.1. The van der Waals surface area contributed by atoms with E-state index < -0.39 is 24.8 Å². The average Bonchev–Trinajstić information content (AvgIpc) is 2.95. The zero-order chi connectivity index (χ0) is 28.4. The van der Waals surface area contributed by atoms with Gasteiger partial charge in [0, 0.05) is 19.4 Å². The van der Waals surface area contributed by atoms with Crippen molar-refractivity contribution in [2.45, 2.75) is 122 Å². The Morgan fingerprint density at radius 1 is 0.744 bits per heavy atom. The fourth-order valence-electron chi connectivity index (χ4n) is 4.10. The molecule has 0 aliphatic carbocycles. The molecular weight excluding hydrogens is 498 g/mol. The van der Waals surface area contributed by atoms with Gasteiger partial charge in [-0.15, -0.1) is 0 Å². The van der Waals surface area contributed by atoms with E-state index in [4.69, 9.17) is 14.2 Å². The summed E-state index contributed by atoms with van der Waals surface area (Å²) in [6.07, 6.45) is 14.6. The van der Waals surface area contributed by atoms with Gasteiger partial charge in [0.25, 0.3) is 0 Å². The third-order valence-corrected chi connectivity index (χ3v) is 6.46. The van der Waals surface area contributed by atoms with E-state index in [-0.39, 0.29) is 25.6 Å². The fraction of sp³-hybridized carbons (Fsp3) is 0.710. The first kappa shape index (κ1) is 34.4. The highest BCUT2D eigenvalue weighted by molar-refractivity contribution is 5.70. The maximum absolute atomic E-state index is 12.0. The molecule has 0 saturated carbocycles. The molecule has 1 atom stereocenters. The summed E-state index contributed by atoms with van der Waals surface area (Å²) in [6.45, 7) is 2.38. The third kappa shape index (κ3) is 21.0. The van der Waals surface area contributed by atoms with Gasteiger partial charge in [0.1, 0.15) is 13.2 Å². The molecule has 1 rings (SSSR count). The van der Waals surface area contributed by atoms with Crippen LogP contribution in [0.25, 0.3) is 0 Å². The van der Waals surface area contributed by atoms with Crippen molar-refractivity contribution in [3.8, 4) is 0 Å². The highest BCUT2D eigenvalue weighted by Gasteiger charge is 2.16. The molecule has 0 radical (unpaired) electrons. The number of nitrogens with one attached hydrogen (secondary N) is 1. The molecule has 0 aromatic heterocycles. The second kappa shape index (κ2) is 24.4. The fourth-order valence-corrected chi connectivity index (χ4v) is 4.10. The highest BCUT2D eigenvalue weighted by Crippen LogP contribution is 2.12. The number of benzene rings is 1. The summed E-state index contributed by atoms with van der Waals surface area (Å²) in [7, 11) is 0. The summed E-state index contributed by atoms with van der Waals surface area (Å²) < 4.78 is 15.6. The number of unbranched alkanes of at least 4 members (excludes halogenated alkanes) is 12. The van der Waals surface area contributed by atoms with Gasteiger partial charge in [0.2, 0.25) is 0 Å². The van der Waals surface area contributed by atoms with Gasteiger partial charge < -0.3 is 24.6 Å². The molecule has 1 amide bonds. The first-order chi connectivity index (χ1) is 19.0. The molecule has 222 valence electrons. The SMILES string of the molecule is CCCCCCCCCCCCCC(=O)OC[C@H](CO)OC(=O)CCCCCNC(=O)OCc1ccccc1. The smallest absolute Gasteiger partial charge is 0.407 e. The van der Waals surface area contributed by atoms with Crippen LogP contribution in [0.1, 0.15) is 115 Å². The Hall–Kier alpha value is -2.61. The average molecular weight is 550 g/mol. The van der Waals surface area contributed by atoms with Crippen molar-refractivity contribution in [3.63, 3.8) is 0 Å². The Bertz CT molecular complexity index is 757. The van der Waals surface area contributed by atoms with Crippen LogP contribution < -0.4 is 5.32 Å². The number of amides is 1. The largest absolute Gasteiger partial charge is 0.462 e. The van der Waals surface area contributed by atoms with E-state index in [1.54, 1.807) is 0 Å². The molecule has 0 aliphatic rings. The number of aliphatic hydroxyl groups excluding tert-OH is 1. The summed E-state index contributed by atoms with van der Waals surface area (Å²) >= 11 is 0. The highest BCUT2D eigenvalue weighted by atomic mass is 16.6. The van der Waals surface area contributed by atoms with Gasteiger partial charge in [-0.2, -0.15) is 0 Å². The van der Waals surface area contributed by atoms with Crippen LogP contribution in [0.5, 0.6) is 0 Å². The molecule has 1 aromatic carbocycles. The summed E-state index contributed by atoms with van der Waals surface area (Å²) in [5, 5.41) is 12.1. The number of alkyl carbamates (subject to hydrolysis) is 1. The van der Waals surface area contributed by atoms with Gasteiger partial charge in [-0.25, -0.2) is 4.79 Å². The lowest BCUT2D eigenvalue weighted by Gasteiger charge is -2.15. The lowest BCUT2D eigenvalue weighted by molar-refractivity contribution is -0.161. The monoisotopic (exact) mass is 549 g/mol. The predicted molar refractivity (Wildman–Crippen MR) is 152 cm³/mol. The van der Waals surface area contributed by atoms with E-state index in [0.29, 0.717) is 25.8 Å². The number of rotatable bonds is 24. The Labute approximate surface area is 235 Å². The van der Waals surface area contributed by atoms with Gasteiger partial charge >= 0.3 is 18.0 Å².